The molecule has 0 saturated carbocycles. The Balaban J connectivity index is 0.00000121. The van der Waals surface area contributed by atoms with Crippen LogP contribution < -0.4 is 5.73 Å². The molecule has 0 fully saturated rings. The Morgan fingerprint density at radius 2 is 2.17 bits per heavy atom. The summed E-state index contributed by atoms with van der Waals surface area (Å²) in [6, 6.07) is 0. The van der Waals surface area contributed by atoms with Crippen LogP contribution in [-0.2, 0) is 7.05 Å². The molecular formula is C6H10ClN3O2. The number of hydrogen-bond donors (Lipinski definition) is 2. The summed E-state index contributed by atoms with van der Waals surface area (Å²) in [5.41, 5.74) is 5.96. The lowest BCUT2D eigenvalue weighted by Crippen LogP contribution is -2.03. The van der Waals surface area contributed by atoms with Crippen molar-refractivity contribution < 1.29 is 9.90 Å². The van der Waals surface area contributed by atoms with Gasteiger partial charge in [-0.05, 0) is 6.92 Å². The van der Waals surface area contributed by atoms with Gasteiger partial charge in [-0.25, -0.2) is 4.79 Å². The average Bonchev–Trinajstić information content (AvgIpc) is 2.07. The molecule has 0 aliphatic carbocycles. The van der Waals surface area contributed by atoms with E-state index in [9.17, 15) is 4.79 Å². The Hall–Kier alpha value is -1.23. The van der Waals surface area contributed by atoms with Crippen molar-refractivity contribution in [3.05, 3.63) is 11.3 Å². The smallest absolute Gasteiger partial charge is 0.341 e. The monoisotopic (exact) mass is 191 g/mol. The summed E-state index contributed by atoms with van der Waals surface area (Å²) in [5, 5.41) is 12.5. The number of aromatic carboxylic acids is 1. The van der Waals surface area contributed by atoms with Crippen molar-refractivity contribution in [1.82, 2.24) is 9.78 Å². The first kappa shape index (κ1) is 10.8. The number of aromatic nitrogens is 2. The first-order valence-corrected chi connectivity index (χ1v) is 3.06. The van der Waals surface area contributed by atoms with Crippen LogP contribution >= 0.6 is 12.4 Å². The molecule has 6 heteroatoms. The van der Waals surface area contributed by atoms with Crippen LogP contribution in [0, 0.1) is 6.92 Å². The molecule has 5 nitrogen and oxygen atoms in total. The summed E-state index contributed by atoms with van der Waals surface area (Å²) < 4.78 is 1.35. The number of carboxylic acid groups (broad SMARTS) is 1. The first-order valence-electron chi connectivity index (χ1n) is 3.06. The van der Waals surface area contributed by atoms with Crippen molar-refractivity contribution in [2.24, 2.45) is 7.05 Å². The number of nitrogens with zero attached hydrogens (tertiary/aromatic N) is 2. The van der Waals surface area contributed by atoms with Crippen molar-refractivity contribution in [3.63, 3.8) is 0 Å². The zero-order valence-corrected chi connectivity index (χ0v) is 7.55. The normalized spacial score (nSPS) is 9.17. The highest BCUT2D eigenvalue weighted by Crippen LogP contribution is 2.13. The number of hydrogen-bond acceptors (Lipinski definition) is 3. The van der Waals surface area contributed by atoms with E-state index in [0.717, 1.165) is 0 Å². The molecule has 0 amide bonds. The van der Waals surface area contributed by atoms with E-state index in [1.807, 2.05) is 0 Å². The summed E-state index contributed by atoms with van der Waals surface area (Å²) in [7, 11) is 1.61. The van der Waals surface area contributed by atoms with E-state index in [4.69, 9.17) is 10.8 Å². The van der Waals surface area contributed by atoms with Gasteiger partial charge in [0.15, 0.2) is 0 Å². The molecule has 1 aromatic rings. The average molecular weight is 192 g/mol. The van der Waals surface area contributed by atoms with Gasteiger partial charge in [-0.3, -0.25) is 4.68 Å². The molecule has 0 aliphatic rings. The zero-order chi connectivity index (χ0) is 8.59. The second-order valence-corrected chi connectivity index (χ2v) is 2.27. The number of anilines is 1. The van der Waals surface area contributed by atoms with Crippen LogP contribution in [0.5, 0.6) is 0 Å². The van der Waals surface area contributed by atoms with Gasteiger partial charge in [-0.15, -0.1) is 12.4 Å². The third kappa shape index (κ3) is 1.50. The Morgan fingerprint density at radius 1 is 1.67 bits per heavy atom. The molecule has 0 unspecified atom stereocenters. The van der Waals surface area contributed by atoms with Crippen LogP contribution in [0.4, 0.5) is 5.82 Å². The maximum Gasteiger partial charge on any atom is 0.341 e. The number of nitrogens with two attached hydrogens (primary N) is 1. The van der Waals surface area contributed by atoms with Crippen molar-refractivity contribution in [1.29, 1.82) is 0 Å². The predicted molar refractivity (Wildman–Crippen MR) is 46.6 cm³/mol. The lowest BCUT2D eigenvalue weighted by Gasteiger charge is -1.93. The van der Waals surface area contributed by atoms with Crippen LogP contribution in [0.2, 0.25) is 0 Å². The fourth-order valence-electron chi connectivity index (χ4n) is 0.940. The molecule has 1 heterocycles. The summed E-state index contributed by atoms with van der Waals surface area (Å²) >= 11 is 0. The van der Waals surface area contributed by atoms with Crippen molar-refractivity contribution in [2.45, 2.75) is 6.92 Å². The standard InChI is InChI=1S/C6H9N3O2.ClH/c1-3-4(6(10)11)5(7)9(2)8-3;/h7H2,1-2H3,(H,10,11);1H. The van der Waals surface area contributed by atoms with E-state index >= 15 is 0 Å². The molecule has 0 aromatic carbocycles. The minimum Gasteiger partial charge on any atom is -0.477 e. The Kier molecular flexibility index (Phi) is 3.09. The largest absolute Gasteiger partial charge is 0.477 e. The Bertz CT molecular complexity index is 308. The van der Waals surface area contributed by atoms with Gasteiger partial charge in [0, 0.05) is 7.05 Å². The third-order valence-corrected chi connectivity index (χ3v) is 1.48. The Morgan fingerprint density at radius 3 is 2.33 bits per heavy atom. The fraction of sp³-hybridized carbons (Fsp3) is 0.333. The van der Waals surface area contributed by atoms with Crippen LogP contribution in [-0.4, -0.2) is 20.9 Å². The first-order chi connectivity index (χ1) is 5.04. The van der Waals surface area contributed by atoms with Gasteiger partial charge in [-0.2, -0.15) is 5.10 Å². The molecule has 68 valence electrons. The van der Waals surface area contributed by atoms with Gasteiger partial charge in [0.2, 0.25) is 0 Å². The number of nitrogen functional groups attached to an aromatic ring is 1. The highest BCUT2D eigenvalue weighted by Gasteiger charge is 2.16. The molecule has 0 spiro atoms. The van der Waals surface area contributed by atoms with Crippen LogP contribution in [0.3, 0.4) is 0 Å². The molecule has 3 N–H and O–H groups in total. The number of rotatable bonds is 1. The van der Waals surface area contributed by atoms with Crippen molar-refractivity contribution in [3.8, 4) is 0 Å². The van der Waals surface area contributed by atoms with E-state index in [2.05, 4.69) is 5.10 Å². The van der Waals surface area contributed by atoms with Gasteiger partial charge in [0.05, 0.1) is 5.69 Å². The van der Waals surface area contributed by atoms with Gasteiger partial charge in [-0.1, -0.05) is 0 Å². The molecule has 0 bridgehead atoms. The maximum absolute atomic E-state index is 10.5. The molecule has 1 aromatic heterocycles. The van der Waals surface area contributed by atoms with E-state index < -0.39 is 5.97 Å². The highest BCUT2D eigenvalue weighted by atomic mass is 35.5. The van der Waals surface area contributed by atoms with Crippen molar-refractivity contribution >= 4 is 24.2 Å². The number of halogens is 1. The quantitative estimate of drug-likeness (QED) is 0.675. The minimum atomic E-state index is -1.03. The SMILES string of the molecule is Cc1nn(C)c(N)c1C(=O)O.Cl. The molecule has 1 rings (SSSR count). The molecule has 0 saturated heterocycles. The predicted octanol–water partition coefficient (Wildman–Crippen LogP) is 0.431. The number of carboxylic acids is 1. The second-order valence-electron chi connectivity index (χ2n) is 2.27. The third-order valence-electron chi connectivity index (χ3n) is 1.48. The Labute approximate surface area is 75.6 Å². The summed E-state index contributed by atoms with van der Waals surface area (Å²) in [6.45, 7) is 1.61. The fourth-order valence-corrected chi connectivity index (χ4v) is 0.940. The summed E-state index contributed by atoms with van der Waals surface area (Å²) in [4.78, 5) is 10.5. The number of aryl methyl sites for hydroxylation is 2. The van der Waals surface area contributed by atoms with Crippen molar-refractivity contribution in [2.75, 3.05) is 5.73 Å². The van der Waals surface area contributed by atoms with Crippen LogP contribution in [0.25, 0.3) is 0 Å². The molecular weight excluding hydrogens is 182 g/mol. The summed E-state index contributed by atoms with van der Waals surface area (Å²) in [5.74, 6) is -0.844. The van der Waals surface area contributed by atoms with Crippen LogP contribution in [0.15, 0.2) is 0 Å². The van der Waals surface area contributed by atoms with E-state index in [1.165, 1.54) is 4.68 Å². The minimum absolute atomic E-state index is 0. The van der Waals surface area contributed by atoms with Gasteiger partial charge in [0.25, 0.3) is 0 Å². The van der Waals surface area contributed by atoms with Gasteiger partial charge in [0.1, 0.15) is 11.4 Å². The lowest BCUT2D eigenvalue weighted by molar-refractivity contribution is 0.0697. The molecule has 0 atom stereocenters. The molecule has 0 radical (unpaired) electrons. The van der Waals surface area contributed by atoms with E-state index in [-0.39, 0.29) is 23.8 Å². The lowest BCUT2D eigenvalue weighted by atomic mass is 10.2. The number of carbonyl (C=O) groups is 1. The topological polar surface area (TPSA) is 81.1 Å². The van der Waals surface area contributed by atoms with E-state index in [0.29, 0.717) is 5.69 Å². The molecule has 12 heavy (non-hydrogen) atoms. The second kappa shape index (κ2) is 3.44. The van der Waals surface area contributed by atoms with E-state index in [1.54, 1.807) is 14.0 Å². The molecule has 0 aliphatic heterocycles. The summed E-state index contributed by atoms with van der Waals surface area (Å²) in [6.07, 6.45) is 0. The van der Waals surface area contributed by atoms with Gasteiger partial charge < -0.3 is 10.8 Å². The zero-order valence-electron chi connectivity index (χ0n) is 6.74. The van der Waals surface area contributed by atoms with Gasteiger partial charge >= 0.3 is 5.97 Å². The highest BCUT2D eigenvalue weighted by molar-refractivity contribution is 5.93. The van der Waals surface area contributed by atoms with Crippen LogP contribution in [0.1, 0.15) is 16.1 Å². The maximum atomic E-state index is 10.5.